The molecule has 1 fully saturated rings. The third kappa shape index (κ3) is 4.26. The second kappa shape index (κ2) is 9.77. The maximum Gasteiger partial charge on any atom is 0.332 e. The molecule has 2 unspecified atom stereocenters. The van der Waals surface area contributed by atoms with E-state index in [2.05, 4.69) is 0 Å². The summed E-state index contributed by atoms with van der Waals surface area (Å²) in [7, 11) is 1.42. The summed E-state index contributed by atoms with van der Waals surface area (Å²) in [6.07, 6.45) is 3.60. The molecule has 0 N–H and O–H groups in total. The summed E-state index contributed by atoms with van der Waals surface area (Å²) in [6, 6.07) is 9.95. The zero-order chi connectivity index (χ0) is 23.5. The Kier molecular flexibility index (Phi) is 6.81. The summed E-state index contributed by atoms with van der Waals surface area (Å²) in [5.74, 6) is 0.432. The number of ether oxygens (including phenoxy) is 1. The first-order valence-corrected chi connectivity index (χ1v) is 11.9. The Balaban J connectivity index is 1.94. The topological polar surface area (TPSA) is 88.1 Å². The maximum absolute atomic E-state index is 13.6. The Labute approximate surface area is 192 Å². The normalized spacial score (nSPS) is 18.2. The fourth-order valence-electron chi connectivity index (χ4n) is 4.99. The number of nitrogens with zero attached hydrogens (tertiary/aromatic N) is 4. The van der Waals surface area contributed by atoms with E-state index in [1.54, 1.807) is 4.57 Å². The molecule has 1 aliphatic carbocycles. The van der Waals surface area contributed by atoms with Crippen LogP contribution in [-0.4, -0.2) is 31.8 Å². The molecule has 1 aliphatic rings. The van der Waals surface area contributed by atoms with Crippen LogP contribution in [0.4, 0.5) is 0 Å². The van der Waals surface area contributed by atoms with Crippen LogP contribution < -0.4 is 11.2 Å². The van der Waals surface area contributed by atoms with E-state index < -0.39 is 0 Å². The minimum absolute atomic E-state index is 0.0226. The Morgan fingerprint density at radius 3 is 2.39 bits per heavy atom. The minimum Gasteiger partial charge on any atom is -0.469 e. The Morgan fingerprint density at radius 2 is 1.73 bits per heavy atom. The summed E-state index contributed by atoms with van der Waals surface area (Å²) in [5, 5.41) is 0. The first-order valence-electron chi connectivity index (χ1n) is 11.9. The van der Waals surface area contributed by atoms with Crippen LogP contribution in [-0.2, 0) is 29.2 Å². The number of imidazole rings is 1. The lowest BCUT2D eigenvalue weighted by Crippen LogP contribution is -2.40. The number of esters is 1. The summed E-state index contributed by atoms with van der Waals surface area (Å²) in [4.78, 5) is 43.8. The molecule has 0 bridgehead atoms. The van der Waals surface area contributed by atoms with Crippen LogP contribution in [0, 0.1) is 5.92 Å². The van der Waals surface area contributed by atoms with E-state index in [4.69, 9.17) is 9.72 Å². The van der Waals surface area contributed by atoms with Gasteiger partial charge in [-0.3, -0.25) is 18.7 Å². The molecule has 33 heavy (non-hydrogen) atoms. The number of benzene rings is 1. The van der Waals surface area contributed by atoms with Gasteiger partial charge in [-0.15, -0.1) is 0 Å². The van der Waals surface area contributed by atoms with Crippen molar-refractivity contribution in [2.75, 3.05) is 7.11 Å². The Morgan fingerprint density at radius 1 is 1.03 bits per heavy atom. The molecule has 2 atom stereocenters. The van der Waals surface area contributed by atoms with Gasteiger partial charge in [0.15, 0.2) is 11.2 Å². The molecule has 2 aromatic heterocycles. The molecule has 1 saturated carbocycles. The second-order valence-corrected chi connectivity index (χ2v) is 8.84. The lowest BCUT2D eigenvalue weighted by atomic mass is 10.0. The van der Waals surface area contributed by atoms with Gasteiger partial charge in [0.25, 0.3) is 5.56 Å². The van der Waals surface area contributed by atoms with Crippen molar-refractivity contribution in [1.82, 2.24) is 18.7 Å². The largest absolute Gasteiger partial charge is 0.469 e. The second-order valence-electron chi connectivity index (χ2n) is 8.84. The number of methoxy groups -OCH3 is 1. The van der Waals surface area contributed by atoms with Crippen LogP contribution in [0.1, 0.15) is 63.3 Å². The number of hydrogen-bond acceptors (Lipinski definition) is 5. The standard InChI is InChI=1S/C25H32N4O4/c1-4-13-27-22-20(23(30)28(14-5-2)25(27)32)29(16-17-9-7-6-8-10-17)21(26-22)18-11-12-19(15-18)24(31)33-3/h6-10,18-19H,4-5,11-16H2,1-3H3. The van der Waals surface area contributed by atoms with Crippen molar-refractivity contribution >= 4 is 17.1 Å². The molecule has 4 rings (SSSR count). The number of carbonyl (C=O) groups excluding carboxylic acids is 1. The number of aromatic nitrogens is 4. The van der Waals surface area contributed by atoms with Gasteiger partial charge in [0, 0.05) is 25.6 Å². The van der Waals surface area contributed by atoms with Gasteiger partial charge in [-0.25, -0.2) is 9.78 Å². The van der Waals surface area contributed by atoms with Gasteiger partial charge in [0.1, 0.15) is 5.82 Å². The van der Waals surface area contributed by atoms with Gasteiger partial charge >= 0.3 is 11.7 Å². The third-order valence-corrected chi connectivity index (χ3v) is 6.55. The summed E-state index contributed by atoms with van der Waals surface area (Å²) < 4.78 is 9.94. The lowest BCUT2D eigenvalue weighted by molar-refractivity contribution is -0.145. The highest BCUT2D eigenvalue weighted by atomic mass is 16.5. The maximum atomic E-state index is 13.6. The molecule has 8 heteroatoms. The molecule has 3 aromatic rings. The van der Waals surface area contributed by atoms with Gasteiger partial charge < -0.3 is 9.30 Å². The van der Waals surface area contributed by atoms with Gasteiger partial charge in [0.2, 0.25) is 0 Å². The zero-order valence-electron chi connectivity index (χ0n) is 19.6. The predicted molar refractivity (Wildman–Crippen MR) is 126 cm³/mol. The molecule has 0 radical (unpaired) electrons. The molecular weight excluding hydrogens is 420 g/mol. The van der Waals surface area contributed by atoms with Crippen LogP contribution in [0.2, 0.25) is 0 Å². The van der Waals surface area contributed by atoms with E-state index in [0.717, 1.165) is 30.7 Å². The molecule has 1 aromatic carbocycles. The average Bonchev–Trinajstić information content (AvgIpc) is 3.45. The first kappa shape index (κ1) is 23.0. The van der Waals surface area contributed by atoms with Crippen LogP contribution in [0.3, 0.4) is 0 Å². The van der Waals surface area contributed by atoms with Crippen molar-refractivity contribution in [2.24, 2.45) is 5.92 Å². The molecule has 176 valence electrons. The van der Waals surface area contributed by atoms with E-state index in [1.807, 2.05) is 48.7 Å². The van der Waals surface area contributed by atoms with Crippen LogP contribution in [0.15, 0.2) is 39.9 Å². The van der Waals surface area contributed by atoms with Gasteiger partial charge in [0.05, 0.1) is 13.0 Å². The number of aryl methyl sites for hydroxylation is 1. The summed E-state index contributed by atoms with van der Waals surface area (Å²) in [6.45, 7) is 5.32. The number of carbonyl (C=O) groups is 1. The highest BCUT2D eigenvalue weighted by Gasteiger charge is 2.35. The van der Waals surface area contributed by atoms with Crippen molar-refractivity contribution in [3.8, 4) is 0 Å². The summed E-state index contributed by atoms with van der Waals surface area (Å²) >= 11 is 0. The minimum atomic E-state index is -0.300. The van der Waals surface area contributed by atoms with Crippen molar-refractivity contribution < 1.29 is 9.53 Å². The highest BCUT2D eigenvalue weighted by Crippen LogP contribution is 2.39. The van der Waals surface area contributed by atoms with Gasteiger partial charge in [-0.1, -0.05) is 44.2 Å². The zero-order valence-corrected chi connectivity index (χ0v) is 19.6. The molecule has 0 spiro atoms. The molecule has 2 heterocycles. The van der Waals surface area contributed by atoms with Crippen molar-refractivity contribution in [3.63, 3.8) is 0 Å². The van der Waals surface area contributed by atoms with Crippen molar-refractivity contribution in [1.29, 1.82) is 0 Å². The quantitative estimate of drug-likeness (QED) is 0.490. The van der Waals surface area contributed by atoms with Crippen molar-refractivity contribution in [3.05, 3.63) is 62.6 Å². The van der Waals surface area contributed by atoms with E-state index in [0.29, 0.717) is 43.6 Å². The Bertz CT molecular complexity index is 1260. The monoisotopic (exact) mass is 452 g/mol. The molecular formula is C25H32N4O4. The number of fused-ring (bicyclic) bond motifs is 1. The SMILES string of the molecule is CCCn1c(=O)c2c(nc(C3CCC(C(=O)OC)C3)n2Cc2ccccc2)n(CCC)c1=O. The predicted octanol–water partition coefficient (Wildman–Crippen LogP) is 3.28. The molecule has 0 saturated heterocycles. The Hall–Kier alpha value is -3.16. The fourth-order valence-corrected chi connectivity index (χ4v) is 4.99. The smallest absolute Gasteiger partial charge is 0.332 e. The van der Waals surface area contributed by atoms with Crippen LogP contribution >= 0.6 is 0 Å². The van der Waals surface area contributed by atoms with Crippen LogP contribution in [0.5, 0.6) is 0 Å². The summed E-state index contributed by atoms with van der Waals surface area (Å²) in [5.41, 5.74) is 1.38. The highest BCUT2D eigenvalue weighted by molar-refractivity contribution is 5.73. The van der Waals surface area contributed by atoms with Crippen molar-refractivity contribution in [2.45, 2.75) is 71.5 Å². The van der Waals surface area contributed by atoms with Gasteiger partial charge in [-0.2, -0.15) is 0 Å². The molecule has 0 amide bonds. The molecule has 8 nitrogen and oxygen atoms in total. The molecule has 0 aliphatic heterocycles. The average molecular weight is 453 g/mol. The third-order valence-electron chi connectivity index (χ3n) is 6.55. The van der Waals surface area contributed by atoms with E-state index in [-0.39, 0.29) is 29.1 Å². The van der Waals surface area contributed by atoms with E-state index in [9.17, 15) is 14.4 Å². The van der Waals surface area contributed by atoms with E-state index >= 15 is 0 Å². The van der Waals surface area contributed by atoms with Crippen LogP contribution in [0.25, 0.3) is 11.2 Å². The van der Waals surface area contributed by atoms with Gasteiger partial charge in [-0.05, 0) is 37.7 Å². The fraction of sp³-hybridized carbons (Fsp3) is 0.520. The number of hydrogen-bond donors (Lipinski definition) is 0. The number of rotatable bonds is 8. The van der Waals surface area contributed by atoms with E-state index in [1.165, 1.54) is 11.7 Å². The first-order chi connectivity index (χ1) is 16.0. The lowest BCUT2D eigenvalue weighted by Gasteiger charge is -2.15.